The number of rotatable bonds is 4. The molecular weight excluding hydrogens is 142 g/mol. The minimum atomic E-state index is -0.653. The van der Waals surface area contributed by atoms with Crippen molar-refractivity contribution in [3.05, 3.63) is 0 Å². The van der Waals surface area contributed by atoms with E-state index >= 15 is 0 Å². The second-order valence-corrected chi connectivity index (χ2v) is 2.65. The van der Waals surface area contributed by atoms with Gasteiger partial charge in [-0.2, -0.15) is 0 Å². The van der Waals surface area contributed by atoms with Gasteiger partial charge in [-0.3, -0.25) is 4.79 Å². The quantitative estimate of drug-likeness (QED) is 0.665. The molecule has 11 heavy (non-hydrogen) atoms. The highest BCUT2D eigenvalue weighted by Crippen LogP contribution is 2.30. The van der Waals surface area contributed by atoms with Crippen LogP contribution >= 0.6 is 0 Å². The molecule has 0 saturated carbocycles. The predicted octanol–water partition coefficient (Wildman–Crippen LogP) is 2.45. The van der Waals surface area contributed by atoms with Gasteiger partial charge in [-0.25, -0.2) is 0 Å². The Balaban J connectivity index is 0. The van der Waals surface area contributed by atoms with E-state index < -0.39 is 11.4 Å². The summed E-state index contributed by atoms with van der Waals surface area (Å²) in [5.74, 6) is -0.653. The van der Waals surface area contributed by atoms with Crippen molar-refractivity contribution in [2.45, 2.75) is 40.0 Å². The Hall–Kier alpha value is -0.570. The number of carboxylic acids is 1. The highest BCUT2D eigenvalue weighted by molar-refractivity contribution is 5.74. The number of hydrogen-bond acceptors (Lipinski definition) is 2. The summed E-state index contributed by atoms with van der Waals surface area (Å²) in [6, 6.07) is 0. The van der Waals surface area contributed by atoms with E-state index in [9.17, 15) is 4.79 Å². The molecule has 0 aromatic carbocycles. The minimum absolute atomic E-state index is 0. The van der Waals surface area contributed by atoms with Gasteiger partial charge in [0.05, 0.1) is 5.41 Å². The van der Waals surface area contributed by atoms with E-state index in [4.69, 9.17) is 5.11 Å². The number of carbonyl (C=O) groups is 1. The first-order chi connectivity index (χ1) is 4.63. The molecule has 0 aromatic rings. The molecular formula is C8H19NO2. The van der Waals surface area contributed by atoms with E-state index in [2.05, 4.69) is 0 Å². The van der Waals surface area contributed by atoms with Crippen LogP contribution in [0.25, 0.3) is 0 Å². The minimum Gasteiger partial charge on any atom is -0.481 e. The molecule has 0 unspecified atom stereocenters. The van der Waals surface area contributed by atoms with Crippen LogP contribution in [0.3, 0.4) is 0 Å². The molecule has 0 spiro atoms. The Morgan fingerprint density at radius 1 is 1.18 bits per heavy atom. The van der Waals surface area contributed by atoms with Crippen molar-refractivity contribution in [2.75, 3.05) is 0 Å². The Bertz CT molecular complexity index is 111. The van der Waals surface area contributed by atoms with Crippen molar-refractivity contribution in [2.24, 2.45) is 5.41 Å². The lowest BCUT2D eigenvalue weighted by Crippen LogP contribution is -2.28. The van der Waals surface area contributed by atoms with Gasteiger partial charge in [0, 0.05) is 0 Å². The lowest BCUT2D eigenvalue weighted by Gasteiger charge is -2.24. The Morgan fingerprint density at radius 2 is 1.45 bits per heavy atom. The van der Waals surface area contributed by atoms with E-state index in [1.165, 1.54) is 0 Å². The maximum Gasteiger partial charge on any atom is 0.309 e. The van der Waals surface area contributed by atoms with Crippen LogP contribution in [0.5, 0.6) is 0 Å². The predicted molar refractivity (Wildman–Crippen MR) is 46.0 cm³/mol. The molecule has 0 rings (SSSR count). The fraction of sp³-hybridized carbons (Fsp3) is 0.875. The first kappa shape index (κ1) is 13.1. The molecule has 0 fully saturated rings. The first-order valence-electron chi connectivity index (χ1n) is 3.86. The number of carboxylic acid groups (broad SMARTS) is 1. The Kier molecular flexibility index (Phi) is 6.09. The average molecular weight is 161 g/mol. The van der Waals surface area contributed by atoms with Gasteiger partial charge in [-0.15, -0.1) is 0 Å². The third kappa shape index (κ3) is 2.50. The standard InChI is InChI=1S/C8H16O2.H3N/c1-4-8(5-2,6-3)7(9)10;/h4-6H2,1-3H3,(H,9,10);1H3. The van der Waals surface area contributed by atoms with Crippen molar-refractivity contribution >= 4 is 5.97 Å². The second-order valence-electron chi connectivity index (χ2n) is 2.65. The van der Waals surface area contributed by atoms with E-state index in [0.717, 1.165) is 19.3 Å². The van der Waals surface area contributed by atoms with Crippen molar-refractivity contribution in [3.63, 3.8) is 0 Å². The van der Waals surface area contributed by atoms with Gasteiger partial charge in [0.2, 0.25) is 0 Å². The summed E-state index contributed by atoms with van der Waals surface area (Å²) in [7, 11) is 0. The van der Waals surface area contributed by atoms with Crippen LogP contribution in [0.1, 0.15) is 40.0 Å². The van der Waals surface area contributed by atoms with Crippen molar-refractivity contribution in [1.82, 2.24) is 6.15 Å². The molecule has 0 heterocycles. The summed E-state index contributed by atoms with van der Waals surface area (Å²) >= 11 is 0. The van der Waals surface area contributed by atoms with Gasteiger partial charge in [0.1, 0.15) is 0 Å². The van der Waals surface area contributed by atoms with Crippen LogP contribution in [-0.2, 0) is 4.79 Å². The summed E-state index contributed by atoms with van der Waals surface area (Å²) < 4.78 is 0. The van der Waals surface area contributed by atoms with Crippen LogP contribution in [0, 0.1) is 5.41 Å². The molecule has 68 valence electrons. The van der Waals surface area contributed by atoms with Gasteiger partial charge in [0.15, 0.2) is 0 Å². The molecule has 0 amide bonds. The molecule has 0 bridgehead atoms. The highest BCUT2D eigenvalue weighted by atomic mass is 16.4. The molecule has 3 nitrogen and oxygen atoms in total. The largest absolute Gasteiger partial charge is 0.481 e. The van der Waals surface area contributed by atoms with Crippen LogP contribution in [-0.4, -0.2) is 11.1 Å². The molecule has 0 aromatic heterocycles. The van der Waals surface area contributed by atoms with Crippen LogP contribution in [0.2, 0.25) is 0 Å². The Labute approximate surface area is 68.4 Å². The van der Waals surface area contributed by atoms with Crippen molar-refractivity contribution in [3.8, 4) is 0 Å². The van der Waals surface area contributed by atoms with Crippen molar-refractivity contribution < 1.29 is 9.90 Å². The summed E-state index contributed by atoms with van der Waals surface area (Å²) in [6.45, 7) is 5.80. The topological polar surface area (TPSA) is 72.3 Å². The number of hydrogen-bond donors (Lipinski definition) is 2. The SMILES string of the molecule is CCC(CC)(CC)C(=O)O.N. The van der Waals surface area contributed by atoms with Crippen LogP contribution in [0.4, 0.5) is 0 Å². The molecule has 0 radical (unpaired) electrons. The third-order valence-electron chi connectivity index (χ3n) is 2.48. The van der Waals surface area contributed by atoms with Gasteiger partial charge in [0.25, 0.3) is 0 Å². The van der Waals surface area contributed by atoms with Gasteiger partial charge in [-0.1, -0.05) is 20.8 Å². The van der Waals surface area contributed by atoms with Gasteiger partial charge in [-0.05, 0) is 19.3 Å². The second kappa shape index (κ2) is 5.13. The fourth-order valence-electron chi connectivity index (χ4n) is 1.20. The molecule has 0 saturated heterocycles. The lowest BCUT2D eigenvalue weighted by molar-refractivity contribution is -0.149. The maximum atomic E-state index is 10.7. The third-order valence-corrected chi connectivity index (χ3v) is 2.48. The molecule has 3 heteroatoms. The van der Waals surface area contributed by atoms with Crippen LogP contribution in [0.15, 0.2) is 0 Å². The van der Waals surface area contributed by atoms with Crippen molar-refractivity contribution in [1.29, 1.82) is 0 Å². The fourth-order valence-corrected chi connectivity index (χ4v) is 1.20. The monoisotopic (exact) mass is 161 g/mol. The van der Waals surface area contributed by atoms with E-state index in [0.29, 0.717) is 0 Å². The molecule has 0 atom stereocenters. The normalized spacial score (nSPS) is 10.5. The van der Waals surface area contributed by atoms with Gasteiger partial charge >= 0.3 is 5.97 Å². The van der Waals surface area contributed by atoms with Crippen LogP contribution < -0.4 is 6.15 Å². The zero-order chi connectivity index (χ0) is 8.20. The van der Waals surface area contributed by atoms with E-state index in [-0.39, 0.29) is 6.15 Å². The number of aliphatic carboxylic acids is 1. The molecule has 0 aliphatic rings. The maximum absolute atomic E-state index is 10.7. The smallest absolute Gasteiger partial charge is 0.309 e. The summed E-state index contributed by atoms with van der Waals surface area (Å²) in [6.07, 6.45) is 2.19. The zero-order valence-electron chi connectivity index (χ0n) is 7.68. The summed E-state index contributed by atoms with van der Waals surface area (Å²) in [4.78, 5) is 10.7. The van der Waals surface area contributed by atoms with Gasteiger partial charge < -0.3 is 11.3 Å². The molecule has 4 N–H and O–H groups in total. The first-order valence-corrected chi connectivity index (χ1v) is 3.86. The molecule has 0 aliphatic carbocycles. The van der Waals surface area contributed by atoms with E-state index in [1.54, 1.807) is 0 Å². The van der Waals surface area contributed by atoms with E-state index in [1.807, 2.05) is 20.8 Å². The highest BCUT2D eigenvalue weighted by Gasteiger charge is 2.32. The summed E-state index contributed by atoms with van der Waals surface area (Å²) in [5.41, 5.74) is -0.458. The Morgan fingerprint density at radius 3 is 1.45 bits per heavy atom. The lowest BCUT2D eigenvalue weighted by atomic mass is 9.80. The average Bonchev–Trinajstić information content (AvgIpc) is 1.92. The summed E-state index contributed by atoms with van der Waals surface area (Å²) in [5, 5.41) is 8.82. The zero-order valence-corrected chi connectivity index (χ0v) is 7.68. The molecule has 0 aliphatic heterocycles.